The Morgan fingerprint density at radius 3 is 1.68 bits per heavy atom. The van der Waals surface area contributed by atoms with Crippen molar-refractivity contribution in [2.24, 2.45) is 0 Å². The van der Waals surface area contributed by atoms with Crippen LogP contribution < -0.4 is 0 Å². The van der Waals surface area contributed by atoms with Gasteiger partial charge in [-0.05, 0) is 31.1 Å². The zero-order valence-corrected chi connectivity index (χ0v) is 25.5. The molecule has 0 fully saturated rings. The van der Waals surface area contributed by atoms with Gasteiger partial charge in [0.2, 0.25) is 0 Å². The van der Waals surface area contributed by atoms with Crippen molar-refractivity contribution in [3.05, 3.63) is 6.92 Å². The van der Waals surface area contributed by atoms with Crippen molar-refractivity contribution in [1.29, 1.82) is 0 Å². The second kappa shape index (κ2) is 27.4. The number of rotatable bonds is 30. The van der Waals surface area contributed by atoms with E-state index in [0.717, 1.165) is 6.42 Å². The summed E-state index contributed by atoms with van der Waals surface area (Å²) >= 11 is 5.45. The Bertz CT molecular complexity index is 551. The van der Waals surface area contributed by atoms with Gasteiger partial charge in [-0.2, -0.15) is 0 Å². The van der Waals surface area contributed by atoms with Crippen LogP contribution in [0.2, 0.25) is 0 Å². The van der Waals surface area contributed by atoms with Crippen LogP contribution in [-0.2, 0) is 39.6 Å². The molecule has 0 aromatic rings. The highest BCUT2D eigenvalue weighted by Gasteiger charge is 2.25. The minimum Gasteiger partial charge on any atom is -0.481 e. The minimum atomic E-state index is -2.88. The van der Waals surface area contributed by atoms with E-state index >= 15 is 0 Å². The molecule has 0 saturated heterocycles. The summed E-state index contributed by atoms with van der Waals surface area (Å²) in [6.45, 7) is 5.29. The van der Waals surface area contributed by atoms with Gasteiger partial charge < -0.3 is 28.2 Å². The fraction of sp³-hybridized carbons (Fsp3) is 0.929. The molecule has 0 aliphatic rings. The third-order valence-electron chi connectivity index (χ3n) is 6.07. The standard InChI is InChI=1S/C28H55O7PS/c1-4-6-7-8-9-10-11-12-13-14-15-16-17-19-23-32-25-27(26-33-24-20-18-21-28(29)30)35-36(37,31-3)34-22-5-2/h27H,2,4-26H2,1,3H3/p+1. The van der Waals surface area contributed by atoms with E-state index in [1.165, 1.54) is 90.6 Å². The predicted molar refractivity (Wildman–Crippen MR) is 156 cm³/mol. The third-order valence-corrected chi connectivity index (χ3v) is 8.60. The van der Waals surface area contributed by atoms with Crippen molar-refractivity contribution < 1.29 is 32.9 Å². The highest BCUT2D eigenvalue weighted by molar-refractivity contribution is 8.07. The van der Waals surface area contributed by atoms with Crippen molar-refractivity contribution in [2.75, 3.05) is 40.1 Å². The van der Waals surface area contributed by atoms with Crippen LogP contribution in [0.15, 0.2) is 0 Å². The van der Waals surface area contributed by atoms with E-state index in [0.29, 0.717) is 52.3 Å². The molecule has 0 spiro atoms. The Balaban J connectivity index is 3.97. The van der Waals surface area contributed by atoms with Crippen LogP contribution in [0.5, 0.6) is 0 Å². The van der Waals surface area contributed by atoms with Crippen LogP contribution in [0, 0.1) is 6.92 Å². The van der Waals surface area contributed by atoms with Crippen molar-refractivity contribution in [1.82, 2.24) is 0 Å². The SMILES string of the molecule is [CH2+]CCOP(=S)(OC)OC(COCCCCCCCCCCCCCCCC)COCCCCC(=O)O. The van der Waals surface area contributed by atoms with Gasteiger partial charge in [0.25, 0.3) is 0 Å². The summed E-state index contributed by atoms with van der Waals surface area (Å²) in [6, 6.07) is 0. The molecule has 0 aliphatic carbocycles. The Labute approximate surface area is 232 Å². The molecule has 1 N–H and O–H groups in total. The molecule has 0 amide bonds. The molecular weight excluding hydrogens is 511 g/mol. The van der Waals surface area contributed by atoms with Crippen molar-refractivity contribution in [2.45, 2.75) is 129 Å². The number of hydrogen-bond donors (Lipinski definition) is 1. The van der Waals surface area contributed by atoms with E-state index in [1.807, 2.05) is 0 Å². The third kappa shape index (κ3) is 25.8. The summed E-state index contributed by atoms with van der Waals surface area (Å²) in [6.07, 6.45) is 20.2. The molecule has 7 nitrogen and oxygen atoms in total. The fourth-order valence-corrected chi connectivity index (χ4v) is 5.58. The second-order valence-electron chi connectivity index (χ2n) is 9.64. The maximum atomic E-state index is 10.6. The summed E-state index contributed by atoms with van der Waals surface area (Å²) in [5.74, 6) is -0.790. The van der Waals surface area contributed by atoms with Gasteiger partial charge in [-0.1, -0.05) is 90.4 Å². The number of carbonyl (C=O) groups is 1. The normalized spacial score (nSPS) is 14.0. The van der Waals surface area contributed by atoms with Crippen LogP contribution in [0.4, 0.5) is 0 Å². The van der Waals surface area contributed by atoms with Crippen molar-refractivity contribution in [3.8, 4) is 0 Å². The molecule has 2 atom stereocenters. The molecule has 9 heteroatoms. The Morgan fingerprint density at radius 2 is 1.24 bits per heavy atom. The van der Waals surface area contributed by atoms with E-state index in [4.69, 9.17) is 40.0 Å². The zero-order chi connectivity index (χ0) is 27.5. The molecule has 0 aromatic heterocycles. The summed E-state index contributed by atoms with van der Waals surface area (Å²) in [5.41, 5.74) is 0. The quantitative estimate of drug-likeness (QED) is 0.0528. The lowest BCUT2D eigenvalue weighted by atomic mass is 10.0. The monoisotopic (exact) mass is 567 g/mol. The highest BCUT2D eigenvalue weighted by Crippen LogP contribution is 2.50. The number of unbranched alkanes of at least 4 members (excludes halogenated alkanes) is 14. The topological polar surface area (TPSA) is 83.5 Å². The number of aliphatic carboxylic acids is 1. The van der Waals surface area contributed by atoms with Gasteiger partial charge in [0.05, 0.1) is 26.7 Å². The molecule has 0 aliphatic heterocycles. The lowest BCUT2D eigenvalue weighted by molar-refractivity contribution is -0.137. The summed E-state index contributed by atoms with van der Waals surface area (Å²) < 4.78 is 28.5. The van der Waals surface area contributed by atoms with E-state index < -0.39 is 18.8 Å². The van der Waals surface area contributed by atoms with Crippen LogP contribution in [-0.4, -0.2) is 57.3 Å². The maximum Gasteiger partial charge on any atom is 0.327 e. The first-order valence-corrected chi connectivity index (χ1v) is 17.2. The maximum absolute atomic E-state index is 10.6. The van der Waals surface area contributed by atoms with Crippen LogP contribution in [0.1, 0.15) is 122 Å². The lowest BCUT2D eigenvalue weighted by Gasteiger charge is -2.25. The number of ether oxygens (including phenoxy) is 2. The van der Waals surface area contributed by atoms with Gasteiger partial charge in [-0.25, -0.2) is 0 Å². The average Bonchev–Trinajstić information content (AvgIpc) is 2.88. The first-order chi connectivity index (χ1) is 18.0. The molecule has 220 valence electrons. The first kappa shape index (κ1) is 36.8. The van der Waals surface area contributed by atoms with Gasteiger partial charge in [-0.15, -0.1) is 0 Å². The average molecular weight is 568 g/mol. The molecule has 0 rings (SSSR count). The number of carboxylic acids is 1. The van der Waals surface area contributed by atoms with Gasteiger partial charge in [0.1, 0.15) is 12.5 Å². The van der Waals surface area contributed by atoms with Crippen LogP contribution in [0.3, 0.4) is 0 Å². The van der Waals surface area contributed by atoms with E-state index in [-0.39, 0.29) is 6.42 Å². The van der Waals surface area contributed by atoms with E-state index in [9.17, 15) is 4.79 Å². The lowest BCUT2D eigenvalue weighted by Crippen LogP contribution is -2.26. The molecule has 0 saturated carbocycles. The summed E-state index contributed by atoms with van der Waals surface area (Å²) in [5, 5.41) is 8.74. The van der Waals surface area contributed by atoms with Crippen molar-refractivity contribution in [3.63, 3.8) is 0 Å². The number of hydrogen-bond acceptors (Lipinski definition) is 7. The van der Waals surface area contributed by atoms with E-state index in [2.05, 4.69) is 13.8 Å². The summed E-state index contributed by atoms with van der Waals surface area (Å²) in [7, 11) is 1.49. The second-order valence-corrected chi connectivity index (χ2v) is 12.7. The highest BCUT2D eigenvalue weighted by atomic mass is 32.5. The van der Waals surface area contributed by atoms with Crippen LogP contribution >= 0.6 is 6.72 Å². The van der Waals surface area contributed by atoms with Gasteiger partial charge in [0, 0.05) is 26.7 Å². The molecular formula is C28H56O7PS+. The Kier molecular flexibility index (Phi) is 27.2. The van der Waals surface area contributed by atoms with Gasteiger partial charge >= 0.3 is 12.7 Å². The van der Waals surface area contributed by atoms with Crippen LogP contribution in [0.25, 0.3) is 0 Å². The first-order valence-electron chi connectivity index (χ1n) is 14.6. The fourth-order valence-electron chi connectivity index (χ4n) is 3.90. The van der Waals surface area contributed by atoms with Gasteiger partial charge in [0.15, 0.2) is 0 Å². The molecule has 0 aromatic carbocycles. The zero-order valence-electron chi connectivity index (χ0n) is 23.8. The molecule has 37 heavy (non-hydrogen) atoms. The predicted octanol–water partition coefficient (Wildman–Crippen LogP) is 8.25. The Morgan fingerprint density at radius 1 is 0.784 bits per heavy atom. The molecule has 0 bridgehead atoms. The summed E-state index contributed by atoms with van der Waals surface area (Å²) in [4.78, 5) is 10.6. The molecule has 0 radical (unpaired) electrons. The minimum absolute atomic E-state index is 0.148. The molecule has 0 heterocycles. The Hall–Kier alpha value is -0.210. The molecule has 2 unspecified atom stereocenters. The van der Waals surface area contributed by atoms with E-state index in [1.54, 1.807) is 0 Å². The smallest absolute Gasteiger partial charge is 0.327 e. The number of carboxylic acid groups (broad SMARTS) is 1. The van der Waals surface area contributed by atoms with Gasteiger partial charge in [-0.3, -0.25) is 4.79 Å². The van der Waals surface area contributed by atoms with Crippen molar-refractivity contribution >= 4 is 24.5 Å². The largest absolute Gasteiger partial charge is 0.481 e.